The Bertz CT molecular complexity index is 537. The van der Waals surface area contributed by atoms with Gasteiger partial charge in [0.1, 0.15) is 0 Å². The molecule has 0 radical (unpaired) electrons. The third-order valence-electron chi connectivity index (χ3n) is 2.42. The molecule has 0 aliphatic carbocycles. The SMILES string of the molecule is CNC(=[SH+])[N-]N=C(c1ccccc1)c1ccccn1.[Cl][Pt]. The summed E-state index contributed by atoms with van der Waals surface area (Å²) in [5, 5.41) is 7.50. The van der Waals surface area contributed by atoms with Crippen LogP contribution in [0.25, 0.3) is 5.43 Å². The molecule has 0 spiro atoms. The second-order valence-electron chi connectivity index (χ2n) is 3.70. The number of hydrogen-bond acceptors (Lipinski definition) is 2. The van der Waals surface area contributed by atoms with E-state index in [-0.39, 0.29) is 0 Å². The summed E-state index contributed by atoms with van der Waals surface area (Å²) in [6.07, 6.45) is 1.73. The van der Waals surface area contributed by atoms with Crippen LogP contribution in [0.5, 0.6) is 0 Å². The summed E-state index contributed by atoms with van der Waals surface area (Å²) in [4.78, 5) is 4.31. The standard InChI is InChI=1S/C14H14N4S.ClH.Pt/c1-15-14(19)18-17-13(11-7-3-2-4-8-11)12-9-5-6-10-16-12;;/h2-10H,1H3,(H2,15,16,18,19);1H;/q;;+1/p-1. The molecule has 1 N–H and O–H groups in total. The Morgan fingerprint density at radius 1 is 1.19 bits per heavy atom. The van der Waals surface area contributed by atoms with Crippen molar-refractivity contribution in [2.45, 2.75) is 0 Å². The number of rotatable bonds is 3. The summed E-state index contributed by atoms with van der Waals surface area (Å²) in [6, 6.07) is 15.5. The number of nitrogens with one attached hydrogen (secondary N) is 1. The van der Waals surface area contributed by atoms with Gasteiger partial charge in [0, 0.05) is 11.8 Å². The molecule has 7 heteroatoms. The van der Waals surface area contributed by atoms with Gasteiger partial charge in [0.05, 0.1) is 11.4 Å². The third-order valence-corrected chi connectivity index (χ3v) is 2.74. The van der Waals surface area contributed by atoms with Gasteiger partial charge in [0.2, 0.25) is 0 Å². The van der Waals surface area contributed by atoms with Crippen molar-refractivity contribution in [2.75, 3.05) is 7.05 Å². The average molecular weight is 501 g/mol. The molecule has 4 nitrogen and oxygen atoms in total. The quantitative estimate of drug-likeness (QED) is 0.231. The molecule has 1 aromatic carbocycles. The van der Waals surface area contributed by atoms with Crippen LogP contribution in [-0.2, 0) is 31.0 Å². The van der Waals surface area contributed by atoms with E-state index in [4.69, 9.17) is 0 Å². The van der Waals surface area contributed by atoms with Crippen molar-refractivity contribution in [3.63, 3.8) is 0 Å². The average Bonchev–Trinajstić information content (AvgIpc) is 2.58. The molecule has 0 aliphatic rings. The van der Waals surface area contributed by atoms with E-state index in [1.807, 2.05) is 48.5 Å². The van der Waals surface area contributed by atoms with E-state index in [0.29, 0.717) is 10.8 Å². The maximum atomic E-state index is 4.61. The van der Waals surface area contributed by atoms with Gasteiger partial charge >= 0.3 is 28.2 Å². The number of thiol groups is 1. The van der Waals surface area contributed by atoms with Gasteiger partial charge < -0.3 is 10.5 Å². The van der Waals surface area contributed by atoms with Crippen molar-refractivity contribution in [3.8, 4) is 0 Å². The van der Waals surface area contributed by atoms with E-state index in [1.165, 1.54) is 0 Å². The van der Waals surface area contributed by atoms with Gasteiger partial charge in [-0.15, -0.1) is 0 Å². The van der Waals surface area contributed by atoms with E-state index in [1.54, 1.807) is 32.0 Å². The number of aromatic nitrogens is 1. The molecule has 0 atom stereocenters. The first-order valence-corrected chi connectivity index (χ1v) is 9.18. The molecular weight excluding hydrogens is 487 g/mol. The molecule has 2 rings (SSSR count). The van der Waals surface area contributed by atoms with Gasteiger partial charge in [-0.05, 0) is 19.2 Å². The van der Waals surface area contributed by atoms with Crippen molar-refractivity contribution >= 4 is 32.5 Å². The van der Waals surface area contributed by atoms with Crippen LogP contribution in [0.1, 0.15) is 11.3 Å². The zero-order valence-corrected chi connectivity index (χ0v) is 15.1. The first kappa shape index (κ1) is 17.9. The molecule has 0 saturated heterocycles. The number of benzene rings is 1. The topological polar surface area (TPSA) is 51.4 Å². The van der Waals surface area contributed by atoms with Crippen LogP contribution in [0, 0.1) is 0 Å². The second-order valence-corrected chi connectivity index (χ2v) is 4.13. The predicted molar refractivity (Wildman–Crippen MR) is 88.4 cm³/mol. The van der Waals surface area contributed by atoms with E-state index in [2.05, 4.69) is 42.5 Å². The summed E-state index contributed by atoms with van der Waals surface area (Å²) in [5.74, 6) is 0. The summed E-state index contributed by atoms with van der Waals surface area (Å²) in [5.41, 5.74) is 6.46. The zero-order valence-electron chi connectivity index (χ0n) is 11.2. The summed E-state index contributed by atoms with van der Waals surface area (Å²) in [7, 11) is 6.35. The fourth-order valence-electron chi connectivity index (χ4n) is 1.50. The van der Waals surface area contributed by atoms with Crippen LogP contribution >= 0.6 is 9.42 Å². The molecule has 21 heavy (non-hydrogen) atoms. The van der Waals surface area contributed by atoms with Crippen LogP contribution in [0.15, 0.2) is 59.8 Å². The summed E-state index contributed by atoms with van der Waals surface area (Å²) < 4.78 is 0. The minimum absolute atomic E-state index is 0.448. The van der Waals surface area contributed by atoms with Crippen LogP contribution in [-0.4, -0.2) is 22.9 Å². The van der Waals surface area contributed by atoms with Crippen molar-refractivity contribution < 1.29 is 18.8 Å². The van der Waals surface area contributed by atoms with Crippen LogP contribution in [0.4, 0.5) is 0 Å². The van der Waals surface area contributed by atoms with Crippen LogP contribution < -0.4 is 5.32 Å². The molecule has 0 fully saturated rings. The van der Waals surface area contributed by atoms with E-state index in [0.717, 1.165) is 11.3 Å². The number of hydrogen-bond donors (Lipinski definition) is 1. The monoisotopic (exact) mass is 500 g/mol. The maximum absolute atomic E-state index is 4.61. The van der Waals surface area contributed by atoms with Crippen molar-refractivity contribution in [1.82, 2.24) is 10.3 Å². The Hall–Kier alpha value is -1.13. The Balaban J connectivity index is 0.00000106. The normalized spacial score (nSPS) is 10.4. The van der Waals surface area contributed by atoms with Crippen molar-refractivity contribution in [1.29, 1.82) is 0 Å². The molecule has 0 aliphatic heterocycles. The number of halogens is 1. The molecule has 0 saturated carbocycles. The second kappa shape index (κ2) is 10.6. The van der Waals surface area contributed by atoms with Gasteiger partial charge in [0.15, 0.2) is 17.3 Å². The fraction of sp³-hybridized carbons (Fsp3) is 0.0714. The van der Waals surface area contributed by atoms with Crippen LogP contribution in [0.2, 0.25) is 0 Å². The van der Waals surface area contributed by atoms with Gasteiger partial charge in [-0.25, -0.2) is 0 Å². The number of pyridine rings is 1. The Morgan fingerprint density at radius 2 is 1.86 bits per heavy atom. The molecule has 0 bridgehead atoms. The van der Waals surface area contributed by atoms with Crippen molar-refractivity contribution in [3.05, 3.63) is 71.4 Å². The molecular formula is C14H14ClN4PtS. The summed E-state index contributed by atoms with van der Waals surface area (Å²) >= 11 is 5.75. The van der Waals surface area contributed by atoms with E-state index < -0.39 is 0 Å². The molecule has 1 aromatic heterocycles. The fourth-order valence-corrected chi connectivity index (χ4v) is 1.55. The van der Waals surface area contributed by atoms with E-state index in [9.17, 15) is 0 Å². The number of nitrogens with zero attached hydrogens (tertiary/aromatic N) is 3. The van der Waals surface area contributed by atoms with E-state index >= 15 is 0 Å². The third kappa shape index (κ3) is 6.02. The zero-order chi connectivity index (χ0) is 15.5. The van der Waals surface area contributed by atoms with Gasteiger partial charge in [-0.1, -0.05) is 36.4 Å². The predicted octanol–water partition coefficient (Wildman–Crippen LogP) is 2.48. The van der Waals surface area contributed by atoms with Gasteiger partial charge in [-0.3, -0.25) is 10.3 Å². The van der Waals surface area contributed by atoms with Gasteiger partial charge in [-0.2, -0.15) is 0 Å². The van der Waals surface area contributed by atoms with Crippen molar-refractivity contribution in [2.24, 2.45) is 5.10 Å². The summed E-state index contributed by atoms with van der Waals surface area (Å²) in [6.45, 7) is 0. The minimum atomic E-state index is 0.448. The first-order chi connectivity index (χ1) is 10.3. The Labute approximate surface area is 144 Å². The Kier molecular flexibility index (Phi) is 9.02. The molecule has 1 heterocycles. The molecule has 0 unspecified atom stereocenters. The molecule has 113 valence electrons. The first-order valence-electron chi connectivity index (χ1n) is 5.92. The molecule has 2 aromatic rings. The van der Waals surface area contributed by atoms with Gasteiger partial charge in [0.25, 0.3) is 0 Å². The Morgan fingerprint density at radius 3 is 2.43 bits per heavy atom. The molecule has 0 amide bonds. The van der Waals surface area contributed by atoms with Crippen LogP contribution in [0.3, 0.4) is 0 Å².